The lowest BCUT2D eigenvalue weighted by Crippen LogP contribution is -2.32. The summed E-state index contributed by atoms with van der Waals surface area (Å²) >= 11 is 0. The highest BCUT2D eigenvalue weighted by molar-refractivity contribution is 5.98. The van der Waals surface area contributed by atoms with Crippen LogP contribution in [0.5, 0.6) is 0 Å². The maximum atomic E-state index is 12.8. The molecular weight excluding hydrogens is 220 g/mol. The number of hydrogen-bond donors (Lipinski definition) is 2. The van der Waals surface area contributed by atoms with Gasteiger partial charge in [-0.1, -0.05) is 0 Å². The van der Waals surface area contributed by atoms with Crippen molar-refractivity contribution < 1.29 is 23.5 Å². The zero-order valence-electron chi connectivity index (χ0n) is 8.11. The van der Waals surface area contributed by atoms with Crippen LogP contribution in [0.4, 0.5) is 8.78 Å². The highest BCUT2D eigenvalue weighted by atomic mass is 19.2. The number of hydrogen-bond acceptors (Lipinski definition) is 3. The molecule has 0 amide bonds. The van der Waals surface area contributed by atoms with Gasteiger partial charge in [0, 0.05) is 12.0 Å². The van der Waals surface area contributed by atoms with Crippen molar-refractivity contribution in [1.82, 2.24) is 0 Å². The number of aliphatic carboxylic acids is 1. The molecule has 0 saturated carbocycles. The van der Waals surface area contributed by atoms with E-state index in [2.05, 4.69) is 0 Å². The van der Waals surface area contributed by atoms with Gasteiger partial charge in [0.1, 0.15) is 6.04 Å². The molecule has 1 atom stereocenters. The van der Waals surface area contributed by atoms with E-state index < -0.39 is 35.8 Å². The molecule has 0 heterocycles. The second-order valence-electron chi connectivity index (χ2n) is 3.20. The lowest BCUT2D eigenvalue weighted by atomic mass is 10.0. The van der Waals surface area contributed by atoms with E-state index in [9.17, 15) is 18.4 Å². The van der Waals surface area contributed by atoms with Gasteiger partial charge in [-0.05, 0) is 18.2 Å². The molecule has 0 aliphatic carbocycles. The molecule has 0 bridgehead atoms. The van der Waals surface area contributed by atoms with Crippen LogP contribution in [0, 0.1) is 11.6 Å². The number of halogens is 2. The number of Topliss-reactive ketones (excluding diaryl/α,β-unsaturated/α-hetero) is 1. The number of nitrogens with two attached hydrogens (primary N) is 1. The number of ketones is 1. The fraction of sp³-hybridized carbons (Fsp3) is 0.200. The Kier molecular flexibility index (Phi) is 3.68. The van der Waals surface area contributed by atoms with Crippen LogP contribution in [-0.2, 0) is 4.79 Å². The van der Waals surface area contributed by atoms with E-state index in [-0.39, 0.29) is 5.56 Å². The van der Waals surface area contributed by atoms with E-state index in [4.69, 9.17) is 10.8 Å². The molecule has 0 radical (unpaired) electrons. The second-order valence-corrected chi connectivity index (χ2v) is 3.20. The number of carboxylic acid groups (broad SMARTS) is 1. The fourth-order valence-electron chi connectivity index (χ4n) is 1.07. The number of carboxylic acids is 1. The highest BCUT2D eigenvalue weighted by Crippen LogP contribution is 2.11. The molecule has 3 N–H and O–H groups in total. The van der Waals surface area contributed by atoms with Crippen LogP contribution >= 0.6 is 0 Å². The Morgan fingerprint density at radius 3 is 2.44 bits per heavy atom. The molecule has 4 nitrogen and oxygen atoms in total. The van der Waals surface area contributed by atoms with Crippen molar-refractivity contribution in [3.63, 3.8) is 0 Å². The van der Waals surface area contributed by atoms with Crippen molar-refractivity contribution in [3.8, 4) is 0 Å². The van der Waals surface area contributed by atoms with Crippen molar-refractivity contribution in [2.45, 2.75) is 12.5 Å². The summed E-state index contributed by atoms with van der Waals surface area (Å²) in [4.78, 5) is 21.8. The van der Waals surface area contributed by atoms with Gasteiger partial charge in [-0.3, -0.25) is 9.59 Å². The summed E-state index contributed by atoms with van der Waals surface area (Å²) in [5.74, 6) is -4.20. The fourth-order valence-corrected chi connectivity index (χ4v) is 1.07. The van der Waals surface area contributed by atoms with E-state index in [1.54, 1.807) is 0 Å². The summed E-state index contributed by atoms with van der Waals surface area (Å²) in [6, 6.07) is 1.25. The standard InChI is InChI=1S/C10H9F2NO3/c11-6-2-1-5(3-7(6)12)9(14)4-8(13)10(15)16/h1-3,8H,4,13H2,(H,15,16). The van der Waals surface area contributed by atoms with Crippen LogP contribution in [0.1, 0.15) is 16.8 Å². The van der Waals surface area contributed by atoms with Crippen molar-refractivity contribution in [2.75, 3.05) is 0 Å². The Balaban J connectivity index is 2.81. The monoisotopic (exact) mass is 229 g/mol. The number of benzene rings is 1. The molecule has 0 aliphatic rings. The summed E-state index contributed by atoms with van der Waals surface area (Å²) in [6.45, 7) is 0. The summed E-state index contributed by atoms with van der Waals surface area (Å²) in [5, 5.41) is 8.47. The Bertz CT molecular complexity index is 434. The second kappa shape index (κ2) is 4.80. The first-order chi connectivity index (χ1) is 7.41. The molecule has 0 fully saturated rings. The van der Waals surface area contributed by atoms with Crippen molar-refractivity contribution >= 4 is 11.8 Å². The minimum absolute atomic E-state index is 0.101. The third kappa shape index (κ3) is 2.83. The van der Waals surface area contributed by atoms with Crippen LogP contribution in [0.25, 0.3) is 0 Å². The van der Waals surface area contributed by atoms with Gasteiger partial charge in [-0.25, -0.2) is 8.78 Å². The van der Waals surface area contributed by atoms with E-state index >= 15 is 0 Å². The van der Waals surface area contributed by atoms with Crippen LogP contribution < -0.4 is 5.73 Å². The maximum Gasteiger partial charge on any atom is 0.320 e. The normalized spacial score (nSPS) is 12.2. The van der Waals surface area contributed by atoms with Crippen molar-refractivity contribution in [2.24, 2.45) is 5.73 Å². The van der Waals surface area contributed by atoms with Gasteiger partial charge >= 0.3 is 5.97 Å². The molecule has 86 valence electrons. The average Bonchev–Trinajstić information content (AvgIpc) is 2.21. The zero-order valence-corrected chi connectivity index (χ0v) is 8.11. The third-order valence-electron chi connectivity index (χ3n) is 1.96. The minimum atomic E-state index is -1.35. The topological polar surface area (TPSA) is 80.4 Å². The predicted octanol–water partition coefficient (Wildman–Crippen LogP) is 0.950. The molecule has 16 heavy (non-hydrogen) atoms. The summed E-state index contributed by atoms with van der Waals surface area (Å²) in [7, 11) is 0. The van der Waals surface area contributed by atoms with Crippen LogP contribution in [-0.4, -0.2) is 22.9 Å². The molecule has 0 saturated heterocycles. The van der Waals surface area contributed by atoms with Gasteiger partial charge in [-0.2, -0.15) is 0 Å². The number of carbonyl (C=O) groups is 2. The van der Waals surface area contributed by atoms with Gasteiger partial charge in [0.2, 0.25) is 0 Å². The Morgan fingerprint density at radius 2 is 1.94 bits per heavy atom. The lowest BCUT2D eigenvalue weighted by molar-refractivity contribution is -0.138. The highest BCUT2D eigenvalue weighted by Gasteiger charge is 2.18. The minimum Gasteiger partial charge on any atom is -0.480 e. The summed E-state index contributed by atoms with van der Waals surface area (Å²) < 4.78 is 25.3. The zero-order chi connectivity index (χ0) is 12.3. The van der Waals surface area contributed by atoms with E-state index in [0.29, 0.717) is 6.07 Å². The van der Waals surface area contributed by atoms with Crippen LogP contribution in [0.3, 0.4) is 0 Å². The largest absolute Gasteiger partial charge is 0.480 e. The first-order valence-corrected chi connectivity index (χ1v) is 4.38. The van der Waals surface area contributed by atoms with Gasteiger partial charge in [0.25, 0.3) is 0 Å². The third-order valence-corrected chi connectivity index (χ3v) is 1.96. The van der Waals surface area contributed by atoms with Gasteiger partial charge in [0.05, 0.1) is 0 Å². The van der Waals surface area contributed by atoms with Crippen molar-refractivity contribution in [1.29, 1.82) is 0 Å². The molecular formula is C10H9F2NO3. The molecule has 6 heteroatoms. The quantitative estimate of drug-likeness (QED) is 0.753. The Hall–Kier alpha value is -1.82. The van der Waals surface area contributed by atoms with E-state index in [0.717, 1.165) is 12.1 Å². The van der Waals surface area contributed by atoms with Gasteiger partial charge in [0.15, 0.2) is 17.4 Å². The molecule has 0 aromatic heterocycles. The molecule has 1 aromatic carbocycles. The first kappa shape index (κ1) is 12.3. The van der Waals surface area contributed by atoms with Gasteiger partial charge < -0.3 is 10.8 Å². The average molecular weight is 229 g/mol. The first-order valence-electron chi connectivity index (χ1n) is 4.38. The van der Waals surface area contributed by atoms with Crippen LogP contribution in [0.15, 0.2) is 18.2 Å². The molecule has 1 rings (SSSR count). The molecule has 0 aliphatic heterocycles. The number of carbonyl (C=O) groups excluding carboxylic acids is 1. The van der Waals surface area contributed by atoms with Crippen LogP contribution in [0.2, 0.25) is 0 Å². The number of rotatable bonds is 4. The molecule has 0 spiro atoms. The molecule has 1 unspecified atom stereocenters. The lowest BCUT2D eigenvalue weighted by Gasteiger charge is -2.05. The smallest absolute Gasteiger partial charge is 0.320 e. The summed E-state index contributed by atoms with van der Waals surface area (Å²) in [6.07, 6.45) is -0.458. The van der Waals surface area contributed by atoms with Crippen molar-refractivity contribution in [3.05, 3.63) is 35.4 Å². The SMILES string of the molecule is NC(CC(=O)c1ccc(F)c(F)c1)C(=O)O. The Labute approximate surface area is 89.7 Å². The van der Waals surface area contributed by atoms with Gasteiger partial charge in [-0.15, -0.1) is 0 Å². The van der Waals surface area contributed by atoms with E-state index in [1.165, 1.54) is 0 Å². The summed E-state index contributed by atoms with van der Waals surface area (Å²) in [5.41, 5.74) is 5.03. The maximum absolute atomic E-state index is 12.8. The predicted molar refractivity (Wildman–Crippen MR) is 50.9 cm³/mol. The van der Waals surface area contributed by atoms with E-state index in [1.807, 2.05) is 0 Å². The Morgan fingerprint density at radius 1 is 1.31 bits per heavy atom. The molecule has 1 aromatic rings.